The zero-order valence-electron chi connectivity index (χ0n) is 8.58. The predicted octanol–water partition coefficient (Wildman–Crippen LogP) is 0.771. The third-order valence-electron chi connectivity index (χ3n) is 2.90. The highest BCUT2D eigenvalue weighted by molar-refractivity contribution is 5.80. The van der Waals surface area contributed by atoms with Crippen molar-refractivity contribution in [1.29, 1.82) is 0 Å². The molecule has 0 heterocycles. The van der Waals surface area contributed by atoms with E-state index in [1.807, 2.05) is 0 Å². The van der Waals surface area contributed by atoms with Gasteiger partial charge in [0.25, 0.3) is 0 Å². The number of amides is 1. The van der Waals surface area contributed by atoms with Crippen molar-refractivity contribution < 1.29 is 14.7 Å². The molecule has 82 valence electrons. The Morgan fingerprint density at radius 1 is 1.40 bits per heavy atom. The third kappa shape index (κ3) is 2.72. The first kappa shape index (κ1) is 11.6. The van der Waals surface area contributed by atoms with E-state index in [4.69, 9.17) is 11.5 Å². The SMILES string of the molecule is C#CCC(=O)NCC1(C(=O)O)CCCC1. The molecule has 2 N–H and O–H groups in total. The maximum absolute atomic E-state index is 11.1. The molecule has 0 aromatic rings. The molecular weight excluding hydrogens is 194 g/mol. The fraction of sp³-hybridized carbons (Fsp3) is 0.636. The van der Waals surface area contributed by atoms with Crippen LogP contribution in [0.15, 0.2) is 0 Å². The lowest BCUT2D eigenvalue weighted by Crippen LogP contribution is -2.41. The Balaban J connectivity index is 2.50. The lowest BCUT2D eigenvalue weighted by molar-refractivity contribution is -0.148. The van der Waals surface area contributed by atoms with Gasteiger partial charge in [0.15, 0.2) is 0 Å². The van der Waals surface area contributed by atoms with E-state index in [-0.39, 0.29) is 18.9 Å². The van der Waals surface area contributed by atoms with E-state index in [9.17, 15) is 9.59 Å². The molecule has 0 atom stereocenters. The molecule has 4 nitrogen and oxygen atoms in total. The van der Waals surface area contributed by atoms with E-state index >= 15 is 0 Å². The second-order valence-electron chi connectivity index (χ2n) is 3.95. The molecule has 0 bridgehead atoms. The molecule has 0 radical (unpaired) electrons. The summed E-state index contributed by atoms with van der Waals surface area (Å²) in [5.41, 5.74) is -0.760. The Morgan fingerprint density at radius 3 is 2.47 bits per heavy atom. The summed E-state index contributed by atoms with van der Waals surface area (Å²) in [6.45, 7) is 0.197. The molecule has 15 heavy (non-hydrogen) atoms. The van der Waals surface area contributed by atoms with Crippen LogP contribution in [0.2, 0.25) is 0 Å². The van der Waals surface area contributed by atoms with Crippen molar-refractivity contribution >= 4 is 11.9 Å². The fourth-order valence-electron chi connectivity index (χ4n) is 1.94. The molecule has 0 saturated heterocycles. The Kier molecular flexibility index (Phi) is 3.73. The van der Waals surface area contributed by atoms with Crippen LogP contribution in [0.25, 0.3) is 0 Å². The molecule has 0 spiro atoms. The zero-order chi connectivity index (χ0) is 11.3. The maximum Gasteiger partial charge on any atom is 0.311 e. The van der Waals surface area contributed by atoms with Gasteiger partial charge in [-0.3, -0.25) is 9.59 Å². The highest BCUT2D eigenvalue weighted by atomic mass is 16.4. The van der Waals surface area contributed by atoms with Crippen LogP contribution < -0.4 is 5.32 Å². The molecule has 4 heteroatoms. The van der Waals surface area contributed by atoms with Gasteiger partial charge in [-0.05, 0) is 12.8 Å². The molecule has 1 rings (SSSR count). The zero-order valence-corrected chi connectivity index (χ0v) is 8.58. The van der Waals surface area contributed by atoms with E-state index in [1.54, 1.807) is 0 Å². The normalized spacial score (nSPS) is 18.1. The van der Waals surface area contributed by atoms with Gasteiger partial charge in [-0.2, -0.15) is 0 Å². The number of carbonyl (C=O) groups is 2. The monoisotopic (exact) mass is 209 g/mol. The number of carboxylic acid groups (broad SMARTS) is 1. The summed E-state index contributed by atoms with van der Waals surface area (Å²) in [5, 5.41) is 11.7. The van der Waals surface area contributed by atoms with Crippen LogP contribution in [0.3, 0.4) is 0 Å². The number of carbonyl (C=O) groups excluding carboxylic acids is 1. The summed E-state index contributed by atoms with van der Waals surface area (Å²) in [7, 11) is 0. The van der Waals surface area contributed by atoms with Crippen molar-refractivity contribution in [2.24, 2.45) is 5.41 Å². The van der Waals surface area contributed by atoms with Gasteiger partial charge in [0.05, 0.1) is 11.8 Å². The smallest absolute Gasteiger partial charge is 0.311 e. The van der Waals surface area contributed by atoms with Crippen molar-refractivity contribution in [3.8, 4) is 12.3 Å². The van der Waals surface area contributed by atoms with Gasteiger partial charge in [-0.25, -0.2) is 0 Å². The first-order valence-electron chi connectivity index (χ1n) is 5.04. The second kappa shape index (κ2) is 4.83. The molecule has 1 aliphatic rings. The van der Waals surface area contributed by atoms with Gasteiger partial charge < -0.3 is 10.4 Å². The molecule has 0 aliphatic heterocycles. The Morgan fingerprint density at radius 2 is 2.00 bits per heavy atom. The lowest BCUT2D eigenvalue weighted by atomic mass is 9.86. The van der Waals surface area contributed by atoms with Gasteiger partial charge in [-0.15, -0.1) is 6.42 Å². The lowest BCUT2D eigenvalue weighted by Gasteiger charge is -2.23. The van der Waals surface area contributed by atoms with E-state index in [1.165, 1.54) is 0 Å². The minimum Gasteiger partial charge on any atom is -0.481 e. The van der Waals surface area contributed by atoms with Gasteiger partial charge in [0.2, 0.25) is 5.91 Å². The first-order valence-corrected chi connectivity index (χ1v) is 5.04. The Labute approximate surface area is 89.0 Å². The highest BCUT2D eigenvalue weighted by Crippen LogP contribution is 2.37. The summed E-state index contributed by atoms with van der Waals surface area (Å²) in [6, 6.07) is 0. The average Bonchev–Trinajstić information content (AvgIpc) is 2.65. The van der Waals surface area contributed by atoms with Crippen LogP contribution in [0, 0.1) is 17.8 Å². The summed E-state index contributed by atoms with van der Waals surface area (Å²) < 4.78 is 0. The number of rotatable bonds is 4. The van der Waals surface area contributed by atoms with Crippen molar-refractivity contribution in [1.82, 2.24) is 5.32 Å². The van der Waals surface area contributed by atoms with Crippen LogP contribution in [-0.2, 0) is 9.59 Å². The first-order chi connectivity index (χ1) is 7.10. The van der Waals surface area contributed by atoms with Crippen molar-refractivity contribution in [3.63, 3.8) is 0 Å². The second-order valence-corrected chi connectivity index (χ2v) is 3.95. The maximum atomic E-state index is 11.1. The number of hydrogen-bond acceptors (Lipinski definition) is 2. The minimum atomic E-state index is -0.819. The average molecular weight is 209 g/mol. The van der Waals surface area contributed by atoms with Crippen LogP contribution in [0.5, 0.6) is 0 Å². The van der Waals surface area contributed by atoms with Crippen LogP contribution in [0.1, 0.15) is 32.1 Å². The molecule has 0 aromatic carbocycles. The summed E-state index contributed by atoms with van der Waals surface area (Å²) in [4.78, 5) is 22.2. The van der Waals surface area contributed by atoms with Crippen LogP contribution in [-0.4, -0.2) is 23.5 Å². The van der Waals surface area contributed by atoms with Gasteiger partial charge in [-0.1, -0.05) is 18.8 Å². The summed E-state index contributed by atoms with van der Waals surface area (Å²) >= 11 is 0. The van der Waals surface area contributed by atoms with E-state index in [2.05, 4.69) is 11.2 Å². The molecule has 1 saturated carbocycles. The largest absolute Gasteiger partial charge is 0.481 e. The molecule has 1 aliphatic carbocycles. The van der Waals surface area contributed by atoms with E-state index < -0.39 is 11.4 Å². The van der Waals surface area contributed by atoms with Gasteiger partial charge in [0.1, 0.15) is 0 Å². The van der Waals surface area contributed by atoms with Crippen molar-refractivity contribution in [3.05, 3.63) is 0 Å². The number of terminal acetylenes is 1. The molecular formula is C11H15NO3. The van der Waals surface area contributed by atoms with Crippen molar-refractivity contribution in [2.75, 3.05) is 6.54 Å². The topological polar surface area (TPSA) is 66.4 Å². The molecule has 0 unspecified atom stereocenters. The van der Waals surface area contributed by atoms with Crippen LogP contribution in [0.4, 0.5) is 0 Å². The number of aliphatic carboxylic acids is 1. The van der Waals surface area contributed by atoms with Gasteiger partial charge >= 0.3 is 5.97 Å². The number of hydrogen-bond donors (Lipinski definition) is 2. The fourth-order valence-corrected chi connectivity index (χ4v) is 1.94. The van der Waals surface area contributed by atoms with E-state index in [0.717, 1.165) is 12.8 Å². The third-order valence-corrected chi connectivity index (χ3v) is 2.90. The summed E-state index contributed by atoms with van der Waals surface area (Å²) in [5.74, 6) is 1.13. The standard InChI is InChI=1S/C11H15NO3/c1-2-5-9(13)12-8-11(10(14)15)6-3-4-7-11/h1H,3-8H2,(H,12,13)(H,14,15). The number of nitrogens with one attached hydrogen (secondary N) is 1. The quantitative estimate of drug-likeness (QED) is 0.672. The predicted molar refractivity (Wildman–Crippen MR) is 55.0 cm³/mol. The number of carboxylic acids is 1. The van der Waals surface area contributed by atoms with Crippen LogP contribution >= 0.6 is 0 Å². The van der Waals surface area contributed by atoms with E-state index in [0.29, 0.717) is 12.8 Å². The van der Waals surface area contributed by atoms with Crippen molar-refractivity contribution in [2.45, 2.75) is 32.1 Å². The Hall–Kier alpha value is -1.50. The molecule has 1 fully saturated rings. The Bertz CT molecular complexity index is 297. The summed E-state index contributed by atoms with van der Waals surface area (Å²) in [6.07, 6.45) is 8.09. The molecule has 0 aromatic heterocycles. The van der Waals surface area contributed by atoms with Gasteiger partial charge in [0, 0.05) is 6.54 Å². The minimum absolute atomic E-state index is 0.00962. The highest BCUT2D eigenvalue weighted by Gasteiger charge is 2.41. The molecule has 1 amide bonds.